The van der Waals surface area contributed by atoms with Gasteiger partial charge in [0.25, 0.3) is 0 Å². The lowest BCUT2D eigenvalue weighted by atomic mass is 9.98. The first-order valence-electron chi connectivity index (χ1n) is 13.8. The van der Waals surface area contributed by atoms with Crippen LogP contribution >= 0.6 is 12.6 Å². The summed E-state index contributed by atoms with van der Waals surface area (Å²) in [6, 6.07) is 8.58. The molecule has 0 bridgehead atoms. The molecule has 0 saturated heterocycles. The Morgan fingerprint density at radius 3 is 2.71 bits per heavy atom. The van der Waals surface area contributed by atoms with Crippen LogP contribution in [-0.4, -0.2) is 45.9 Å². The second-order valence-electron chi connectivity index (χ2n) is 10.2. The summed E-state index contributed by atoms with van der Waals surface area (Å²) in [4.78, 5) is 26.6. The molecule has 0 radical (unpaired) electrons. The average Bonchev–Trinajstić information content (AvgIpc) is 3.03. The van der Waals surface area contributed by atoms with Crippen molar-refractivity contribution in [1.29, 1.82) is 0 Å². The van der Waals surface area contributed by atoms with Crippen LogP contribution < -0.4 is 20.8 Å². The van der Waals surface area contributed by atoms with Gasteiger partial charge in [-0.15, -0.1) is 0 Å². The number of nitrogens with zero attached hydrogens (tertiary/aromatic N) is 5. The van der Waals surface area contributed by atoms with Crippen molar-refractivity contribution >= 4 is 35.0 Å². The molecule has 8 nitrogen and oxygen atoms in total. The van der Waals surface area contributed by atoms with Gasteiger partial charge in [-0.1, -0.05) is 6.08 Å². The smallest absolute Gasteiger partial charge is 0.213 e. The lowest BCUT2D eigenvalue weighted by Gasteiger charge is -2.36. The van der Waals surface area contributed by atoms with Crippen LogP contribution in [0.15, 0.2) is 65.5 Å². The van der Waals surface area contributed by atoms with Crippen LogP contribution in [0.1, 0.15) is 29.5 Å². The van der Waals surface area contributed by atoms with Crippen molar-refractivity contribution in [1.82, 2.24) is 19.4 Å². The Bertz CT molecular complexity index is 1680. The minimum Gasteiger partial charge on any atom is -0.481 e. The van der Waals surface area contributed by atoms with E-state index in [1.165, 1.54) is 0 Å². The number of rotatable bonds is 7. The fourth-order valence-electron chi connectivity index (χ4n) is 5.70. The largest absolute Gasteiger partial charge is 0.481 e. The van der Waals surface area contributed by atoms with Gasteiger partial charge in [-0.3, -0.25) is 4.79 Å². The molecule has 0 saturated carbocycles. The molecule has 0 fully saturated rings. The highest BCUT2D eigenvalue weighted by Gasteiger charge is 2.25. The van der Waals surface area contributed by atoms with Crippen LogP contribution in [0.5, 0.6) is 5.88 Å². The van der Waals surface area contributed by atoms with E-state index in [4.69, 9.17) is 10.5 Å². The Kier molecular flexibility index (Phi) is 8.96. The first-order valence-corrected chi connectivity index (χ1v) is 14.7. The Balaban J connectivity index is 0.00000173. The molecule has 0 atom stereocenters. The molecule has 0 unspecified atom stereocenters. The first kappa shape index (κ1) is 29.4. The number of hydrogen-bond acceptors (Lipinski definition) is 8. The molecule has 5 heterocycles. The van der Waals surface area contributed by atoms with E-state index in [-0.39, 0.29) is 16.4 Å². The highest BCUT2D eigenvalue weighted by molar-refractivity contribution is 7.79. The van der Waals surface area contributed by atoms with Crippen LogP contribution in [0.25, 0.3) is 10.9 Å². The molecule has 6 rings (SSSR count). The van der Waals surface area contributed by atoms with Crippen molar-refractivity contribution in [2.75, 3.05) is 37.1 Å². The molecule has 0 spiro atoms. The Morgan fingerprint density at radius 2 is 1.95 bits per heavy atom. The minimum absolute atomic E-state index is 0.226. The summed E-state index contributed by atoms with van der Waals surface area (Å²) in [6.45, 7) is 2.87. The first-order chi connectivity index (χ1) is 20.4. The zero-order chi connectivity index (χ0) is 29.8. The van der Waals surface area contributed by atoms with Gasteiger partial charge in [-0.2, -0.15) is 12.6 Å². The topological polar surface area (TPSA) is 89.5 Å². The zero-order valence-corrected chi connectivity index (χ0v) is 24.6. The number of pyridine rings is 3. The molecule has 220 valence electrons. The maximum absolute atomic E-state index is 14.6. The van der Waals surface area contributed by atoms with Gasteiger partial charge in [-0.25, -0.2) is 18.7 Å². The lowest BCUT2D eigenvalue weighted by Crippen LogP contribution is -2.37. The molecule has 42 heavy (non-hydrogen) atoms. The quantitative estimate of drug-likeness (QED) is 0.294. The summed E-state index contributed by atoms with van der Waals surface area (Å²) in [6.07, 6.45) is 11.1. The average molecular weight is 593 g/mol. The molecule has 0 aliphatic carbocycles. The van der Waals surface area contributed by atoms with E-state index < -0.39 is 11.6 Å². The number of ether oxygens (including phenoxy) is 1. The third-order valence-electron chi connectivity index (χ3n) is 7.66. The van der Waals surface area contributed by atoms with Gasteiger partial charge in [0.2, 0.25) is 5.88 Å². The predicted molar refractivity (Wildman–Crippen MR) is 165 cm³/mol. The standard InChI is InChI=1S/C30H30F2N6O2.CH4S/c1-40-27-12-19(8-9-34-27)15-38(22-4-2-10-36(18-22)21-6-7-26(33)35-14-21)17-20-16-37-11-3-5-23-28(32)25(31)13-24(29(23)37)30(20)39;1-2/h4,6-9,12-14,16H,2-3,5,10-11,15,17-18H2,1H3,(H2,33,35);2H,1H3. The number of nitrogen functional groups attached to an aromatic ring is 1. The highest BCUT2D eigenvalue weighted by Crippen LogP contribution is 2.29. The van der Waals surface area contributed by atoms with Gasteiger partial charge in [-0.05, 0) is 55.3 Å². The van der Waals surface area contributed by atoms with Crippen molar-refractivity contribution in [2.45, 2.75) is 38.9 Å². The van der Waals surface area contributed by atoms with Crippen LogP contribution in [0, 0.1) is 11.6 Å². The number of aryl methyl sites for hydroxylation is 2. The summed E-state index contributed by atoms with van der Waals surface area (Å²) in [5.74, 6) is -0.866. The van der Waals surface area contributed by atoms with Crippen LogP contribution in [-0.2, 0) is 26.1 Å². The van der Waals surface area contributed by atoms with Gasteiger partial charge >= 0.3 is 0 Å². The molecular weight excluding hydrogens is 558 g/mol. The molecule has 2 aliphatic heterocycles. The fraction of sp³-hybridized carbons (Fsp3) is 0.323. The number of nitrogens with two attached hydrogens (primary N) is 1. The molecule has 2 N–H and O–H groups in total. The molecule has 3 aromatic heterocycles. The summed E-state index contributed by atoms with van der Waals surface area (Å²) in [5, 5.41) is 0.226. The molecular formula is C31H34F2N6O2S. The van der Waals surface area contributed by atoms with Gasteiger partial charge in [0.05, 0.1) is 31.1 Å². The maximum atomic E-state index is 14.6. The molecule has 0 amide bonds. The number of methoxy groups -OCH3 is 1. The summed E-state index contributed by atoms with van der Waals surface area (Å²) >= 11 is 3.53. The van der Waals surface area contributed by atoms with Crippen molar-refractivity contribution in [2.24, 2.45) is 0 Å². The molecule has 11 heteroatoms. The number of benzene rings is 1. The van der Waals surface area contributed by atoms with E-state index in [0.29, 0.717) is 61.8 Å². The maximum Gasteiger partial charge on any atom is 0.213 e. The van der Waals surface area contributed by atoms with E-state index >= 15 is 0 Å². The van der Waals surface area contributed by atoms with Crippen molar-refractivity contribution < 1.29 is 13.5 Å². The minimum atomic E-state index is -0.978. The normalized spacial score (nSPS) is 14.2. The monoisotopic (exact) mass is 592 g/mol. The third kappa shape index (κ3) is 5.92. The zero-order valence-electron chi connectivity index (χ0n) is 23.7. The van der Waals surface area contributed by atoms with Crippen molar-refractivity contribution in [3.63, 3.8) is 0 Å². The summed E-state index contributed by atoms with van der Waals surface area (Å²) in [5.41, 5.74) is 9.81. The number of aromatic nitrogens is 3. The Hall–Kier alpha value is -4.12. The van der Waals surface area contributed by atoms with Crippen molar-refractivity contribution in [3.05, 3.63) is 99.2 Å². The van der Waals surface area contributed by atoms with Gasteiger partial charge in [0.1, 0.15) is 5.82 Å². The number of thiol groups is 1. The lowest BCUT2D eigenvalue weighted by molar-refractivity contribution is 0.314. The third-order valence-corrected chi connectivity index (χ3v) is 7.66. The molecule has 4 aromatic rings. The van der Waals surface area contributed by atoms with Gasteiger partial charge in [0.15, 0.2) is 17.1 Å². The molecule has 1 aromatic carbocycles. The summed E-state index contributed by atoms with van der Waals surface area (Å²) < 4.78 is 36.4. The van der Waals surface area contributed by atoms with Gasteiger partial charge < -0.3 is 24.8 Å². The molecule has 2 aliphatic rings. The van der Waals surface area contributed by atoms with Crippen LogP contribution in [0.3, 0.4) is 0 Å². The fourth-order valence-corrected chi connectivity index (χ4v) is 5.70. The van der Waals surface area contributed by atoms with Crippen LogP contribution in [0.4, 0.5) is 20.3 Å². The van der Waals surface area contributed by atoms with Gasteiger partial charge in [0, 0.05) is 66.8 Å². The number of halogens is 2. The van der Waals surface area contributed by atoms with Crippen molar-refractivity contribution in [3.8, 4) is 5.88 Å². The predicted octanol–water partition coefficient (Wildman–Crippen LogP) is 4.95. The van der Waals surface area contributed by atoms with E-state index in [1.807, 2.05) is 29.0 Å². The van der Waals surface area contributed by atoms with Crippen LogP contribution in [0.2, 0.25) is 0 Å². The van der Waals surface area contributed by atoms with E-state index in [2.05, 4.69) is 38.5 Å². The Labute approximate surface area is 248 Å². The second kappa shape index (κ2) is 12.8. The summed E-state index contributed by atoms with van der Waals surface area (Å²) in [7, 11) is 1.57. The van der Waals surface area contributed by atoms with E-state index in [1.54, 1.807) is 31.8 Å². The van der Waals surface area contributed by atoms with E-state index in [0.717, 1.165) is 36.0 Å². The SMILES string of the molecule is COc1cc(CN(Cc2cn3c4c(c(F)c(F)cc4c2=O)CCC3)C2=CCCN(c3ccc(N)nc3)C2)ccn1.CS. The number of hydrogen-bond donors (Lipinski definition) is 2. The highest BCUT2D eigenvalue weighted by atomic mass is 32.1. The second-order valence-corrected chi connectivity index (χ2v) is 10.2. The van der Waals surface area contributed by atoms with E-state index in [9.17, 15) is 13.6 Å². The Morgan fingerprint density at radius 1 is 1.12 bits per heavy atom. The number of anilines is 2.